The summed E-state index contributed by atoms with van der Waals surface area (Å²) in [7, 11) is 3.35. The molecule has 5 nitrogen and oxygen atoms in total. The van der Waals surface area contributed by atoms with Crippen LogP contribution in [-0.4, -0.2) is 26.4 Å². The summed E-state index contributed by atoms with van der Waals surface area (Å²) < 4.78 is 10.8. The van der Waals surface area contributed by atoms with Crippen molar-refractivity contribution in [2.75, 3.05) is 19.5 Å². The van der Waals surface area contributed by atoms with Crippen molar-refractivity contribution in [1.82, 2.24) is 0 Å². The maximum atomic E-state index is 12.4. The van der Waals surface area contributed by atoms with E-state index < -0.39 is 0 Å². The average molecular weight is 514 g/mol. The Labute approximate surface area is 226 Å². The first-order valence-corrected chi connectivity index (χ1v) is 13.0. The number of ether oxygens (including phenoxy) is 2. The Balaban J connectivity index is 0.000000244. The number of rotatable bonds is 6. The Hall–Kier alpha value is -3.86. The molecule has 1 aliphatic rings. The normalized spacial score (nSPS) is 13.2. The molecule has 1 aliphatic heterocycles. The van der Waals surface area contributed by atoms with Crippen LogP contribution < -0.4 is 14.8 Å². The molecule has 0 bridgehead atoms. The lowest BCUT2D eigenvalue weighted by Gasteiger charge is -2.15. The molecule has 0 saturated carbocycles. The molecule has 1 heterocycles. The molecule has 3 aromatic rings. The maximum Gasteiger partial charge on any atom is 0.256 e. The van der Waals surface area contributed by atoms with Gasteiger partial charge in [0.2, 0.25) is 0 Å². The maximum absolute atomic E-state index is 12.4. The monoisotopic (exact) mass is 513 g/mol. The fourth-order valence-electron chi connectivity index (χ4n) is 4.70. The third-order valence-corrected chi connectivity index (χ3v) is 6.94. The van der Waals surface area contributed by atoms with Crippen LogP contribution in [0, 0.1) is 20.8 Å². The number of aryl methyl sites for hydroxylation is 3. The largest absolute Gasteiger partial charge is 0.496 e. The molecule has 0 aromatic heterocycles. The fourth-order valence-corrected chi connectivity index (χ4v) is 4.70. The van der Waals surface area contributed by atoms with Crippen molar-refractivity contribution in [3.05, 3.63) is 87.0 Å². The predicted molar refractivity (Wildman–Crippen MR) is 157 cm³/mol. The molecular formula is C33H39NO4. The molecular weight excluding hydrogens is 474 g/mol. The summed E-state index contributed by atoms with van der Waals surface area (Å²) in [5, 5.41) is 2.96. The number of nitrogens with one attached hydrogen (secondary N) is 1. The minimum atomic E-state index is -0.0411. The summed E-state index contributed by atoms with van der Waals surface area (Å²) in [6.07, 6.45) is 2.88. The third-order valence-electron chi connectivity index (χ3n) is 6.94. The Morgan fingerprint density at radius 2 is 1.29 bits per heavy atom. The summed E-state index contributed by atoms with van der Waals surface area (Å²) in [5.41, 5.74) is 9.82. The van der Waals surface area contributed by atoms with Crippen molar-refractivity contribution in [3.63, 3.8) is 0 Å². The van der Waals surface area contributed by atoms with Gasteiger partial charge in [-0.2, -0.15) is 0 Å². The number of fused-ring (bicyclic) bond motifs is 1. The van der Waals surface area contributed by atoms with E-state index in [-0.39, 0.29) is 5.91 Å². The standard InChI is InChI=1S/C21H23NO2.C12H16O2/c1-12(2)16-10-15(14(4)9-19(16)24-5)11-17-20-13(3)7-6-8-18(20)22-21(17)23;1-8(2)11-6-10(7-13)9(3)5-12(11)14-4/h6-12H,1-5H3,(H,22,23);5-8H,1-4H3. The highest BCUT2D eigenvalue weighted by atomic mass is 16.5. The highest BCUT2D eigenvalue weighted by Gasteiger charge is 2.26. The zero-order valence-corrected chi connectivity index (χ0v) is 24.0. The van der Waals surface area contributed by atoms with Crippen LogP contribution in [0.4, 0.5) is 5.69 Å². The smallest absolute Gasteiger partial charge is 0.256 e. The first-order chi connectivity index (χ1) is 18.0. The minimum absolute atomic E-state index is 0.0411. The van der Waals surface area contributed by atoms with Gasteiger partial charge in [0, 0.05) is 22.4 Å². The van der Waals surface area contributed by atoms with Gasteiger partial charge >= 0.3 is 0 Å². The van der Waals surface area contributed by atoms with Crippen molar-refractivity contribution < 1.29 is 19.1 Å². The van der Waals surface area contributed by atoms with Gasteiger partial charge in [-0.25, -0.2) is 0 Å². The molecule has 0 radical (unpaired) electrons. The van der Waals surface area contributed by atoms with E-state index in [1.807, 2.05) is 63.2 Å². The van der Waals surface area contributed by atoms with Gasteiger partial charge in [0.05, 0.1) is 14.2 Å². The number of carbonyl (C=O) groups excluding carboxylic acids is 2. The number of hydrogen-bond donors (Lipinski definition) is 1. The molecule has 5 heteroatoms. The molecule has 200 valence electrons. The topological polar surface area (TPSA) is 64.6 Å². The lowest BCUT2D eigenvalue weighted by Crippen LogP contribution is -2.04. The van der Waals surface area contributed by atoms with Gasteiger partial charge in [0.1, 0.15) is 17.8 Å². The van der Waals surface area contributed by atoms with Gasteiger partial charge in [-0.3, -0.25) is 9.59 Å². The molecule has 38 heavy (non-hydrogen) atoms. The zero-order valence-electron chi connectivity index (χ0n) is 24.0. The molecule has 0 atom stereocenters. The molecule has 0 aliphatic carbocycles. The van der Waals surface area contributed by atoms with E-state index in [2.05, 4.69) is 39.1 Å². The van der Waals surface area contributed by atoms with E-state index in [0.717, 1.165) is 73.6 Å². The zero-order chi connectivity index (χ0) is 28.1. The van der Waals surface area contributed by atoms with Crippen LogP contribution >= 0.6 is 0 Å². The number of aldehydes is 1. The minimum Gasteiger partial charge on any atom is -0.496 e. The van der Waals surface area contributed by atoms with Crippen molar-refractivity contribution >= 4 is 29.5 Å². The molecule has 1 N–H and O–H groups in total. The van der Waals surface area contributed by atoms with Crippen LogP contribution in [0.1, 0.15) is 88.8 Å². The van der Waals surface area contributed by atoms with Crippen molar-refractivity contribution in [2.45, 2.75) is 60.3 Å². The van der Waals surface area contributed by atoms with E-state index in [0.29, 0.717) is 11.8 Å². The Morgan fingerprint density at radius 1 is 0.763 bits per heavy atom. The van der Waals surface area contributed by atoms with E-state index in [9.17, 15) is 9.59 Å². The summed E-state index contributed by atoms with van der Waals surface area (Å²) in [6, 6.07) is 14.0. The second-order valence-corrected chi connectivity index (χ2v) is 10.3. The SMILES string of the molecule is COc1cc(C)c(C=C2C(=O)Nc3cccc(C)c32)cc1C(C)C.COc1cc(C)c(C=O)cc1C(C)C. The highest BCUT2D eigenvalue weighted by Crippen LogP contribution is 2.37. The number of anilines is 1. The lowest BCUT2D eigenvalue weighted by molar-refractivity contribution is -0.110. The molecule has 0 saturated heterocycles. The number of carbonyl (C=O) groups is 2. The quantitative estimate of drug-likeness (QED) is 0.269. The van der Waals surface area contributed by atoms with Crippen LogP contribution in [0.15, 0.2) is 42.5 Å². The molecule has 0 spiro atoms. The summed E-state index contributed by atoms with van der Waals surface area (Å²) >= 11 is 0. The van der Waals surface area contributed by atoms with E-state index in [1.54, 1.807) is 14.2 Å². The fraction of sp³-hybridized carbons (Fsp3) is 0.333. The summed E-state index contributed by atoms with van der Waals surface area (Å²) in [4.78, 5) is 23.2. The molecule has 3 aromatic carbocycles. The van der Waals surface area contributed by atoms with Gasteiger partial charge in [-0.15, -0.1) is 0 Å². The predicted octanol–water partition coefficient (Wildman–Crippen LogP) is 7.87. The number of hydrogen-bond acceptors (Lipinski definition) is 4. The molecule has 0 unspecified atom stereocenters. The number of methoxy groups -OCH3 is 2. The van der Waals surface area contributed by atoms with Crippen LogP contribution in [0.25, 0.3) is 11.6 Å². The van der Waals surface area contributed by atoms with E-state index in [1.165, 1.54) is 0 Å². The Kier molecular flexibility index (Phi) is 9.16. The average Bonchev–Trinajstić information content (AvgIpc) is 3.20. The second kappa shape index (κ2) is 12.1. The van der Waals surface area contributed by atoms with Crippen molar-refractivity contribution in [2.24, 2.45) is 0 Å². The number of benzene rings is 3. The highest BCUT2D eigenvalue weighted by molar-refractivity contribution is 6.35. The number of amides is 1. The van der Waals surface area contributed by atoms with Crippen LogP contribution in [0.5, 0.6) is 11.5 Å². The van der Waals surface area contributed by atoms with Gasteiger partial charge in [0.15, 0.2) is 0 Å². The van der Waals surface area contributed by atoms with Gasteiger partial charge in [-0.05, 0) is 102 Å². The first-order valence-electron chi connectivity index (χ1n) is 13.0. The van der Waals surface area contributed by atoms with Gasteiger partial charge < -0.3 is 14.8 Å². The van der Waals surface area contributed by atoms with Crippen molar-refractivity contribution in [1.29, 1.82) is 0 Å². The lowest BCUT2D eigenvalue weighted by atomic mass is 9.93. The second-order valence-electron chi connectivity index (χ2n) is 10.3. The molecule has 0 fully saturated rings. The molecule has 1 amide bonds. The van der Waals surface area contributed by atoms with E-state index in [4.69, 9.17) is 9.47 Å². The third kappa shape index (κ3) is 5.99. The van der Waals surface area contributed by atoms with Gasteiger partial charge in [-0.1, -0.05) is 39.8 Å². The summed E-state index contributed by atoms with van der Waals surface area (Å²) in [5.74, 6) is 2.44. The van der Waals surface area contributed by atoms with E-state index >= 15 is 0 Å². The Morgan fingerprint density at radius 3 is 1.79 bits per heavy atom. The van der Waals surface area contributed by atoms with Gasteiger partial charge in [0.25, 0.3) is 5.91 Å². The van der Waals surface area contributed by atoms with Crippen LogP contribution in [0.3, 0.4) is 0 Å². The summed E-state index contributed by atoms with van der Waals surface area (Å²) in [6.45, 7) is 14.5. The first kappa shape index (κ1) is 28.7. The van der Waals surface area contributed by atoms with Crippen molar-refractivity contribution in [3.8, 4) is 11.5 Å². The molecule has 4 rings (SSSR count). The van der Waals surface area contributed by atoms with Crippen LogP contribution in [-0.2, 0) is 4.79 Å². The Bertz CT molecular complexity index is 1380. The van der Waals surface area contributed by atoms with Crippen LogP contribution in [0.2, 0.25) is 0 Å².